The lowest BCUT2D eigenvalue weighted by molar-refractivity contribution is 0.209. The summed E-state index contributed by atoms with van der Waals surface area (Å²) in [5, 5.41) is 8.70. The van der Waals surface area contributed by atoms with Gasteiger partial charge < -0.3 is 9.84 Å². The zero-order chi connectivity index (χ0) is 12.6. The Kier molecular flexibility index (Phi) is 5.28. The minimum absolute atomic E-state index is 0.0833. The smallest absolute Gasteiger partial charge is 0.119 e. The Morgan fingerprint density at radius 1 is 1.11 bits per heavy atom. The van der Waals surface area contributed by atoms with Crippen LogP contribution in [0, 0.1) is 5.92 Å². The van der Waals surface area contributed by atoms with Gasteiger partial charge in [0.05, 0.1) is 13.2 Å². The Labute approximate surface area is 109 Å². The van der Waals surface area contributed by atoms with Gasteiger partial charge in [-0.3, -0.25) is 0 Å². The van der Waals surface area contributed by atoms with Crippen molar-refractivity contribution >= 4 is 6.08 Å². The largest absolute Gasteiger partial charge is 0.493 e. The van der Waals surface area contributed by atoms with Crippen LogP contribution in [0.3, 0.4) is 0 Å². The van der Waals surface area contributed by atoms with Crippen LogP contribution in [-0.4, -0.2) is 18.3 Å². The molecule has 1 saturated carbocycles. The highest BCUT2D eigenvalue weighted by Gasteiger charge is 2.13. The van der Waals surface area contributed by atoms with Crippen LogP contribution in [0.4, 0.5) is 0 Å². The lowest BCUT2D eigenvalue weighted by Crippen LogP contribution is -2.15. The molecule has 2 rings (SSSR count). The lowest BCUT2D eigenvalue weighted by atomic mass is 9.90. The van der Waals surface area contributed by atoms with Crippen molar-refractivity contribution in [1.29, 1.82) is 0 Å². The predicted octanol–water partition coefficient (Wildman–Crippen LogP) is 3.65. The highest BCUT2D eigenvalue weighted by Crippen LogP contribution is 2.24. The fourth-order valence-electron chi connectivity index (χ4n) is 2.43. The molecule has 0 aliphatic heterocycles. The molecule has 0 unspecified atom stereocenters. The summed E-state index contributed by atoms with van der Waals surface area (Å²) in [5.74, 6) is 1.69. The number of rotatable bonds is 5. The average molecular weight is 246 g/mol. The van der Waals surface area contributed by atoms with Crippen LogP contribution < -0.4 is 4.74 Å². The normalized spacial score (nSPS) is 17.2. The van der Waals surface area contributed by atoms with E-state index in [9.17, 15) is 0 Å². The summed E-state index contributed by atoms with van der Waals surface area (Å²) in [7, 11) is 0. The zero-order valence-electron chi connectivity index (χ0n) is 10.8. The van der Waals surface area contributed by atoms with Crippen LogP contribution in [0.5, 0.6) is 5.75 Å². The molecule has 1 fully saturated rings. The Hall–Kier alpha value is -1.28. The van der Waals surface area contributed by atoms with Gasteiger partial charge in [-0.25, -0.2) is 0 Å². The van der Waals surface area contributed by atoms with Crippen LogP contribution in [-0.2, 0) is 0 Å². The molecule has 0 radical (unpaired) electrons. The molecule has 18 heavy (non-hydrogen) atoms. The van der Waals surface area contributed by atoms with E-state index >= 15 is 0 Å². The Morgan fingerprint density at radius 3 is 2.50 bits per heavy atom. The van der Waals surface area contributed by atoms with E-state index in [0.29, 0.717) is 0 Å². The third-order valence-corrected chi connectivity index (χ3v) is 3.51. The summed E-state index contributed by atoms with van der Waals surface area (Å²) in [5.41, 5.74) is 1.09. The first-order chi connectivity index (χ1) is 8.88. The highest BCUT2D eigenvalue weighted by atomic mass is 16.5. The maximum absolute atomic E-state index is 8.70. The van der Waals surface area contributed by atoms with E-state index in [1.54, 1.807) is 6.08 Å². The first-order valence-electron chi connectivity index (χ1n) is 6.89. The molecular weight excluding hydrogens is 224 g/mol. The number of aliphatic hydroxyl groups excluding tert-OH is 1. The number of hydrogen-bond acceptors (Lipinski definition) is 2. The van der Waals surface area contributed by atoms with Gasteiger partial charge in [-0.15, -0.1) is 0 Å². The van der Waals surface area contributed by atoms with Gasteiger partial charge in [-0.05, 0) is 36.5 Å². The van der Waals surface area contributed by atoms with Crippen molar-refractivity contribution in [3.8, 4) is 5.75 Å². The van der Waals surface area contributed by atoms with Gasteiger partial charge in [0.1, 0.15) is 5.75 Å². The number of aliphatic hydroxyl groups is 1. The minimum Gasteiger partial charge on any atom is -0.493 e. The quantitative estimate of drug-likeness (QED) is 0.859. The molecule has 2 nitrogen and oxygen atoms in total. The summed E-state index contributed by atoms with van der Waals surface area (Å²) in [6.07, 6.45) is 10.4. The fraction of sp³-hybridized carbons (Fsp3) is 0.500. The zero-order valence-corrected chi connectivity index (χ0v) is 10.8. The fourth-order valence-corrected chi connectivity index (χ4v) is 2.43. The van der Waals surface area contributed by atoms with E-state index in [1.165, 1.54) is 32.1 Å². The second-order valence-corrected chi connectivity index (χ2v) is 4.97. The van der Waals surface area contributed by atoms with Crippen LogP contribution in [0.2, 0.25) is 0 Å². The number of ether oxygens (including phenoxy) is 1. The molecular formula is C16H22O2. The molecule has 98 valence electrons. The maximum atomic E-state index is 8.70. The molecule has 1 aliphatic rings. The summed E-state index contributed by atoms with van der Waals surface area (Å²) < 4.78 is 5.83. The number of hydrogen-bond donors (Lipinski definition) is 1. The van der Waals surface area contributed by atoms with Gasteiger partial charge in [0.15, 0.2) is 0 Å². The molecule has 1 aliphatic carbocycles. The minimum atomic E-state index is 0.0833. The van der Waals surface area contributed by atoms with Gasteiger partial charge in [0, 0.05) is 0 Å². The standard InChI is InChI=1S/C16H22O2/c17-12-4-7-14-8-10-16(11-9-14)18-13-15-5-2-1-3-6-15/h4,7-11,15,17H,1-3,5-6,12-13H2/b7-4+. The van der Waals surface area contributed by atoms with E-state index < -0.39 is 0 Å². The van der Waals surface area contributed by atoms with E-state index in [4.69, 9.17) is 9.84 Å². The third kappa shape index (κ3) is 4.19. The van der Waals surface area contributed by atoms with Crippen molar-refractivity contribution in [3.05, 3.63) is 35.9 Å². The first kappa shape index (κ1) is 13.2. The molecule has 0 atom stereocenters. The Morgan fingerprint density at radius 2 is 1.83 bits per heavy atom. The molecule has 1 aromatic carbocycles. The molecule has 0 spiro atoms. The van der Waals surface area contributed by atoms with Crippen molar-refractivity contribution in [2.24, 2.45) is 5.92 Å². The molecule has 1 aromatic rings. The van der Waals surface area contributed by atoms with Crippen LogP contribution in [0.15, 0.2) is 30.3 Å². The van der Waals surface area contributed by atoms with E-state index in [1.807, 2.05) is 30.3 Å². The molecule has 1 N–H and O–H groups in total. The molecule has 2 heteroatoms. The van der Waals surface area contributed by atoms with E-state index in [0.717, 1.165) is 23.8 Å². The van der Waals surface area contributed by atoms with Crippen molar-refractivity contribution in [2.45, 2.75) is 32.1 Å². The van der Waals surface area contributed by atoms with Gasteiger partial charge in [-0.2, -0.15) is 0 Å². The predicted molar refractivity (Wildman–Crippen MR) is 74.6 cm³/mol. The highest BCUT2D eigenvalue weighted by molar-refractivity contribution is 5.50. The second-order valence-electron chi connectivity index (χ2n) is 4.97. The summed E-state index contributed by atoms with van der Waals surface area (Å²) >= 11 is 0. The molecule has 0 amide bonds. The molecule has 0 heterocycles. The van der Waals surface area contributed by atoms with Crippen molar-refractivity contribution in [3.63, 3.8) is 0 Å². The SMILES string of the molecule is OC/C=C/c1ccc(OCC2CCCCC2)cc1. The molecule has 0 bridgehead atoms. The monoisotopic (exact) mass is 246 g/mol. The van der Waals surface area contributed by atoms with Crippen LogP contribution >= 0.6 is 0 Å². The third-order valence-electron chi connectivity index (χ3n) is 3.51. The lowest BCUT2D eigenvalue weighted by Gasteiger charge is -2.21. The number of benzene rings is 1. The maximum Gasteiger partial charge on any atom is 0.119 e. The van der Waals surface area contributed by atoms with Crippen LogP contribution in [0.25, 0.3) is 6.08 Å². The Balaban J connectivity index is 1.80. The van der Waals surface area contributed by atoms with Gasteiger partial charge >= 0.3 is 0 Å². The van der Waals surface area contributed by atoms with Gasteiger partial charge in [0.2, 0.25) is 0 Å². The molecule has 0 saturated heterocycles. The summed E-state index contributed by atoms with van der Waals surface area (Å²) in [6.45, 7) is 0.936. The molecule has 0 aromatic heterocycles. The van der Waals surface area contributed by atoms with E-state index in [2.05, 4.69) is 0 Å². The first-order valence-corrected chi connectivity index (χ1v) is 6.89. The summed E-state index contributed by atoms with van der Waals surface area (Å²) in [6, 6.07) is 8.03. The Bertz CT molecular complexity index is 361. The van der Waals surface area contributed by atoms with Crippen molar-refractivity contribution < 1.29 is 9.84 Å². The average Bonchev–Trinajstić information content (AvgIpc) is 2.45. The van der Waals surface area contributed by atoms with Gasteiger partial charge in [0.25, 0.3) is 0 Å². The van der Waals surface area contributed by atoms with Crippen molar-refractivity contribution in [2.75, 3.05) is 13.2 Å². The summed E-state index contributed by atoms with van der Waals surface area (Å²) in [4.78, 5) is 0. The topological polar surface area (TPSA) is 29.5 Å². The van der Waals surface area contributed by atoms with Crippen molar-refractivity contribution in [1.82, 2.24) is 0 Å². The van der Waals surface area contributed by atoms with E-state index in [-0.39, 0.29) is 6.61 Å². The van der Waals surface area contributed by atoms with Gasteiger partial charge in [-0.1, -0.05) is 43.5 Å². The second kappa shape index (κ2) is 7.22. The van der Waals surface area contributed by atoms with Crippen LogP contribution in [0.1, 0.15) is 37.7 Å².